The summed E-state index contributed by atoms with van der Waals surface area (Å²) in [5.74, 6) is 1.66. The van der Waals surface area contributed by atoms with Crippen molar-refractivity contribution in [2.24, 2.45) is 0 Å². The van der Waals surface area contributed by atoms with E-state index in [-0.39, 0.29) is 5.91 Å². The smallest absolute Gasteiger partial charge is 0.251 e. The normalized spacial score (nSPS) is 14.6. The number of rotatable bonds is 10. The monoisotopic (exact) mass is 443 g/mol. The van der Waals surface area contributed by atoms with Gasteiger partial charge in [0.25, 0.3) is 5.91 Å². The van der Waals surface area contributed by atoms with Gasteiger partial charge in [-0.3, -0.25) is 4.79 Å². The number of hydrogen-bond acceptors (Lipinski definition) is 7. The Hall–Kier alpha value is -2.16. The maximum absolute atomic E-state index is 12.3. The zero-order valence-electron chi connectivity index (χ0n) is 18.8. The van der Waals surface area contributed by atoms with E-state index in [1.807, 2.05) is 24.3 Å². The fourth-order valence-corrected chi connectivity index (χ4v) is 4.29. The van der Waals surface area contributed by atoms with Gasteiger partial charge in [-0.25, -0.2) is 9.97 Å². The highest BCUT2D eigenvalue weighted by Gasteiger charge is 2.18. The molecule has 1 fully saturated rings. The Labute approximate surface area is 189 Å². The molecule has 1 aromatic carbocycles. The van der Waals surface area contributed by atoms with Crippen molar-refractivity contribution >= 4 is 23.5 Å². The van der Waals surface area contributed by atoms with E-state index < -0.39 is 0 Å². The Balaban J connectivity index is 1.65. The van der Waals surface area contributed by atoms with Crippen molar-refractivity contribution in [1.82, 2.24) is 20.2 Å². The number of thioether (sulfide) groups is 1. The van der Waals surface area contributed by atoms with Crippen LogP contribution in [-0.2, 0) is 16.9 Å². The van der Waals surface area contributed by atoms with Crippen molar-refractivity contribution < 1.29 is 9.53 Å². The van der Waals surface area contributed by atoms with Crippen LogP contribution in [0.1, 0.15) is 35.5 Å². The molecule has 0 radical (unpaired) electrons. The van der Waals surface area contributed by atoms with Gasteiger partial charge in [0.1, 0.15) is 5.82 Å². The molecule has 1 saturated heterocycles. The number of likely N-dealkylation sites (N-methyl/N-ethyl adjacent to an activating group) is 1. The highest BCUT2D eigenvalue weighted by atomic mass is 32.2. The first-order chi connectivity index (χ1) is 15.1. The van der Waals surface area contributed by atoms with Crippen LogP contribution in [0.2, 0.25) is 0 Å². The topological polar surface area (TPSA) is 70.6 Å². The fourth-order valence-electron chi connectivity index (χ4n) is 3.48. The molecule has 0 aliphatic carbocycles. The molecule has 3 rings (SSSR count). The van der Waals surface area contributed by atoms with E-state index in [1.165, 1.54) is 0 Å². The van der Waals surface area contributed by atoms with E-state index in [4.69, 9.17) is 14.7 Å². The number of hydrogen-bond donors (Lipinski definition) is 1. The van der Waals surface area contributed by atoms with Crippen molar-refractivity contribution in [3.05, 3.63) is 47.2 Å². The molecular weight excluding hydrogens is 410 g/mol. The van der Waals surface area contributed by atoms with Gasteiger partial charge >= 0.3 is 0 Å². The number of methoxy groups -OCH3 is 1. The van der Waals surface area contributed by atoms with E-state index in [9.17, 15) is 4.79 Å². The third-order valence-corrected chi connectivity index (χ3v) is 6.32. The summed E-state index contributed by atoms with van der Waals surface area (Å²) in [6.07, 6.45) is 0.884. The summed E-state index contributed by atoms with van der Waals surface area (Å²) in [5.41, 5.74) is 2.80. The van der Waals surface area contributed by atoms with Crippen LogP contribution in [0.5, 0.6) is 0 Å². The molecular formula is C23H33N5O2S. The number of aryl methyl sites for hydroxylation is 1. The maximum Gasteiger partial charge on any atom is 0.251 e. The summed E-state index contributed by atoms with van der Waals surface area (Å²) in [5, 5.41) is 3.66. The minimum atomic E-state index is -0.0818. The van der Waals surface area contributed by atoms with E-state index in [0.29, 0.717) is 18.7 Å². The third-order valence-electron chi connectivity index (χ3n) is 5.40. The molecule has 1 amide bonds. The maximum atomic E-state index is 12.3. The predicted octanol–water partition coefficient (Wildman–Crippen LogP) is 2.85. The molecule has 1 aliphatic rings. The average Bonchev–Trinajstić information content (AvgIpc) is 2.83. The van der Waals surface area contributed by atoms with Crippen LogP contribution in [0.4, 0.5) is 5.82 Å². The minimum absolute atomic E-state index is 0.0818. The highest BCUT2D eigenvalue weighted by molar-refractivity contribution is 7.98. The van der Waals surface area contributed by atoms with E-state index in [0.717, 1.165) is 67.1 Å². The highest BCUT2D eigenvalue weighted by Crippen LogP contribution is 2.24. The molecule has 7 nitrogen and oxygen atoms in total. The van der Waals surface area contributed by atoms with E-state index in [1.54, 1.807) is 18.9 Å². The first kappa shape index (κ1) is 23.5. The quantitative estimate of drug-likeness (QED) is 0.344. The second-order valence-electron chi connectivity index (χ2n) is 7.51. The fraction of sp³-hybridized carbons (Fsp3) is 0.522. The second-order valence-corrected chi connectivity index (χ2v) is 8.46. The first-order valence-electron chi connectivity index (χ1n) is 11.0. The molecule has 1 aromatic heterocycles. The number of benzene rings is 1. The van der Waals surface area contributed by atoms with Gasteiger partial charge in [0.2, 0.25) is 0 Å². The minimum Gasteiger partial charge on any atom is -0.383 e. The third kappa shape index (κ3) is 6.92. The molecule has 2 heterocycles. The van der Waals surface area contributed by atoms with Gasteiger partial charge in [-0.1, -0.05) is 37.7 Å². The molecule has 168 valence electrons. The van der Waals surface area contributed by atoms with Gasteiger partial charge in [0.15, 0.2) is 5.16 Å². The summed E-state index contributed by atoms with van der Waals surface area (Å²) < 4.78 is 4.98. The lowest BCUT2D eigenvalue weighted by Gasteiger charge is -2.34. The number of nitrogens with zero attached hydrogens (tertiary/aromatic N) is 4. The van der Waals surface area contributed by atoms with Gasteiger partial charge in [0, 0.05) is 62.9 Å². The van der Waals surface area contributed by atoms with Crippen LogP contribution < -0.4 is 10.2 Å². The van der Waals surface area contributed by atoms with E-state index in [2.05, 4.69) is 35.0 Å². The number of amides is 1. The average molecular weight is 444 g/mol. The van der Waals surface area contributed by atoms with Gasteiger partial charge < -0.3 is 19.9 Å². The summed E-state index contributed by atoms with van der Waals surface area (Å²) >= 11 is 1.62. The molecule has 31 heavy (non-hydrogen) atoms. The van der Waals surface area contributed by atoms with Gasteiger partial charge in [-0.2, -0.15) is 0 Å². The van der Waals surface area contributed by atoms with Crippen LogP contribution in [0.3, 0.4) is 0 Å². The molecule has 0 spiro atoms. The number of piperazine rings is 1. The Morgan fingerprint density at radius 1 is 1.16 bits per heavy atom. The SMILES string of the molecule is CCc1cc(N2CCN(CC)CC2)nc(SCc2cccc(C(=O)NCCOC)c2)n1. The molecule has 1 N–H and O–H groups in total. The lowest BCUT2D eigenvalue weighted by molar-refractivity contribution is 0.0937. The van der Waals surface area contributed by atoms with Crippen LogP contribution in [0.25, 0.3) is 0 Å². The first-order valence-corrected chi connectivity index (χ1v) is 12.0. The molecule has 0 saturated carbocycles. The Kier molecular flexibility index (Phi) is 9.12. The van der Waals surface area contributed by atoms with Crippen molar-refractivity contribution in [1.29, 1.82) is 0 Å². The molecule has 2 aromatic rings. The Morgan fingerprint density at radius 2 is 1.97 bits per heavy atom. The lowest BCUT2D eigenvalue weighted by atomic mass is 10.1. The second kappa shape index (κ2) is 12.0. The molecule has 0 atom stereocenters. The van der Waals surface area contributed by atoms with Gasteiger partial charge in [-0.05, 0) is 30.7 Å². The van der Waals surface area contributed by atoms with Crippen LogP contribution in [0.15, 0.2) is 35.5 Å². The Morgan fingerprint density at radius 3 is 2.68 bits per heavy atom. The zero-order valence-corrected chi connectivity index (χ0v) is 19.6. The van der Waals surface area contributed by atoms with Crippen LogP contribution in [0, 0.1) is 0 Å². The van der Waals surface area contributed by atoms with Crippen molar-refractivity contribution in [2.45, 2.75) is 31.2 Å². The number of carbonyl (C=O) groups excluding carboxylic acids is 1. The van der Waals surface area contributed by atoms with Gasteiger partial charge in [-0.15, -0.1) is 0 Å². The molecule has 0 unspecified atom stereocenters. The van der Waals surface area contributed by atoms with Crippen molar-refractivity contribution in [3.8, 4) is 0 Å². The number of ether oxygens (including phenoxy) is 1. The molecule has 0 bridgehead atoms. The number of anilines is 1. The Bertz CT molecular complexity index is 856. The van der Waals surface area contributed by atoms with E-state index >= 15 is 0 Å². The van der Waals surface area contributed by atoms with Crippen LogP contribution >= 0.6 is 11.8 Å². The molecule has 1 aliphatic heterocycles. The summed E-state index contributed by atoms with van der Waals surface area (Å²) in [6, 6.07) is 9.84. The summed E-state index contributed by atoms with van der Waals surface area (Å²) in [7, 11) is 1.62. The summed E-state index contributed by atoms with van der Waals surface area (Å²) in [6.45, 7) is 10.6. The van der Waals surface area contributed by atoms with Crippen molar-refractivity contribution in [2.75, 3.05) is 57.9 Å². The number of carbonyl (C=O) groups is 1. The number of nitrogens with one attached hydrogen (secondary N) is 1. The lowest BCUT2D eigenvalue weighted by Crippen LogP contribution is -2.46. The van der Waals surface area contributed by atoms with Crippen LogP contribution in [-0.4, -0.2) is 73.8 Å². The van der Waals surface area contributed by atoms with Gasteiger partial charge in [0.05, 0.1) is 6.61 Å². The molecule has 8 heteroatoms. The zero-order chi connectivity index (χ0) is 22.1. The number of aromatic nitrogens is 2. The summed E-state index contributed by atoms with van der Waals surface area (Å²) in [4.78, 5) is 26.7. The predicted molar refractivity (Wildman–Crippen MR) is 126 cm³/mol. The largest absolute Gasteiger partial charge is 0.383 e. The standard InChI is InChI=1S/C23H33N5O2S/c1-4-20-16-21(28-12-10-27(5-2)11-13-28)26-23(25-20)31-17-18-7-6-8-19(15-18)22(29)24-9-14-30-3/h6-8,15-16H,4-5,9-14,17H2,1-3H3,(H,24,29). The van der Waals surface area contributed by atoms with Crippen molar-refractivity contribution in [3.63, 3.8) is 0 Å².